The number of nitrogens with zero attached hydrogens (tertiary/aromatic N) is 5. The first-order valence-corrected chi connectivity index (χ1v) is 9.84. The van der Waals surface area contributed by atoms with Crippen LogP contribution < -0.4 is 15.4 Å². The van der Waals surface area contributed by atoms with Crippen LogP contribution in [0.4, 0.5) is 11.8 Å². The second kappa shape index (κ2) is 7.66. The Balaban J connectivity index is 1.79. The summed E-state index contributed by atoms with van der Waals surface area (Å²) in [7, 11) is 0. The van der Waals surface area contributed by atoms with Crippen molar-refractivity contribution in [1.29, 1.82) is 0 Å². The standard InChI is InChI=1S/C22H26N6O/c1-13(2)19-15(4)26-22(23)27-21(19)28-5-6-29-20-14(3)7-16(8-17(20)11-28)18-9-24-12-25-10-18/h7-10,12-13H,5-6,11H2,1-4H3,(H2,23,26,27). The van der Waals surface area contributed by atoms with Crippen LogP contribution in [-0.4, -0.2) is 33.1 Å². The lowest BCUT2D eigenvalue weighted by Gasteiger charge is -2.26. The molecule has 7 heteroatoms. The average molecular weight is 390 g/mol. The van der Waals surface area contributed by atoms with Gasteiger partial charge in [0.05, 0.1) is 6.54 Å². The van der Waals surface area contributed by atoms with Gasteiger partial charge >= 0.3 is 0 Å². The van der Waals surface area contributed by atoms with Crippen LogP contribution in [0.1, 0.15) is 42.1 Å². The number of hydrogen-bond donors (Lipinski definition) is 1. The minimum absolute atomic E-state index is 0.295. The molecule has 0 bridgehead atoms. The average Bonchev–Trinajstić information content (AvgIpc) is 2.90. The van der Waals surface area contributed by atoms with Crippen LogP contribution in [0.2, 0.25) is 0 Å². The summed E-state index contributed by atoms with van der Waals surface area (Å²) in [5.74, 6) is 2.44. The summed E-state index contributed by atoms with van der Waals surface area (Å²) in [4.78, 5) is 19.5. The molecule has 1 aromatic carbocycles. The highest BCUT2D eigenvalue weighted by molar-refractivity contribution is 5.67. The normalized spacial score (nSPS) is 13.8. The molecule has 0 amide bonds. The Morgan fingerprint density at radius 3 is 2.55 bits per heavy atom. The summed E-state index contributed by atoms with van der Waals surface area (Å²) in [6.45, 7) is 10.4. The highest BCUT2D eigenvalue weighted by Gasteiger charge is 2.24. The summed E-state index contributed by atoms with van der Waals surface area (Å²) < 4.78 is 6.14. The fourth-order valence-electron chi connectivity index (χ4n) is 4.01. The molecule has 150 valence electrons. The Morgan fingerprint density at radius 2 is 1.83 bits per heavy atom. The molecule has 0 aliphatic carbocycles. The number of aryl methyl sites for hydroxylation is 2. The lowest BCUT2D eigenvalue weighted by molar-refractivity contribution is 0.329. The number of ether oxygens (including phenoxy) is 1. The van der Waals surface area contributed by atoms with E-state index in [-0.39, 0.29) is 0 Å². The molecule has 0 saturated carbocycles. The molecule has 0 radical (unpaired) electrons. The van der Waals surface area contributed by atoms with E-state index in [1.807, 2.05) is 19.3 Å². The van der Waals surface area contributed by atoms with Crippen molar-refractivity contribution in [3.8, 4) is 16.9 Å². The van der Waals surface area contributed by atoms with E-state index >= 15 is 0 Å². The zero-order chi connectivity index (χ0) is 20.5. The highest BCUT2D eigenvalue weighted by Crippen LogP contribution is 2.36. The number of fused-ring (bicyclic) bond motifs is 1. The first-order chi connectivity index (χ1) is 13.9. The van der Waals surface area contributed by atoms with Crippen molar-refractivity contribution in [2.24, 2.45) is 0 Å². The Morgan fingerprint density at radius 1 is 1.07 bits per heavy atom. The third kappa shape index (κ3) is 3.72. The molecule has 4 rings (SSSR count). The van der Waals surface area contributed by atoms with Gasteiger partial charge in [-0.05, 0) is 43.0 Å². The van der Waals surface area contributed by atoms with E-state index in [2.05, 4.69) is 57.7 Å². The third-order valence-corrected chi connectivity index (χ3v) is 5.22. The number of nitrogens with two attached hydrogens (primary N) is 1. The zero-order valence-corrected chi connectivity index (χ0v) is 17.3. The van der Waals surface area contributed by atoms with Crippen molar-refractivity contribution in [3.05, 3.63) is 53.2 Å². The molecule has 0 atom stereocenters. The second-order valence-electron chi connectivity index (χ2n) is 7.74. The highest BCUT2D eigenvalue weighted by atomic mass is 16.5. The van der Waals surface area contributed by atoms with E-state index in [0.717, 1.165) is 51.6 Å². The first kappa shape index (κ1) is 19.1. The van der Waals surface area contributed by atoms with Crippen molar-refractivity contribution in [2.45, 2.75) is 40.2 Å². The van der Waals surface area contributed by atoms with Crippen LogP contribution in [0.15, 0.2) is 30.9 Å². The molecule has 1 aliphatic rings. The lowest BCUT2D eigenvalue weighted by Crippen LogP contribution is -2.28. The molecule has 7 nitrogen and oxygen atoms in total. The summed E-state index contributed by atoms with van der Waals surface area (Å²) in [5, 5.41) is 0. The predicted molar refractivity (Wildman–Crippen MR) is 114 cm³/mol. The number of benzene rings is 1. The van der Waals surface area contributed by atoms with E-state index in [0.29, 0.717) is 25.0 Å². The predicted octanol–water partition coefficient (Wildman–Crippen LogP) is 3.66. The van der Waals surface area contributed by atoms with Gasteiger partial charge in [-0.2, -0.15) is 4.98 Å². The van der Waals surface area contributed by atoms with Gasteiger partial charge in [0.15, 0.2) is 0 Å². The number of hydrogen-bond acceptors (Lipinski definition) is 7. The van der Waals surface area contributed by atoms with E-state index < -0.39 is 0 Å². The van der Waals surface area contributed by atoms with E-state index in [1.54, 1.807) is 6.33 Å². The minimum Gasteiger partial charge on any atom is -0.491 e. The van der Waals surface area contributed by atoms with Crippen LogP contribution in [-0.2, 0) is 6.54 Å². The monoisotopic (exact) mass is 390 g/mol. The van der Waals surface area contributed by atoms with Crippen molar-refractivity contribution >= 4 is 11.8 Å². The topological polar surface area (TPSA) is 90.1 Å². The third-order valence-electron chi connectivity index (χ3n) is 5.22. The van der Waals surface area contributed by atoms with Crippen molar-refractivity contribution in [3.63, 3.8) is 0 Å². The first-order valence-electron chi connectivity index (χ1n) is 9.84. The van der Waals surface area contributed by atoms with Gasteiger partial charge in [-0.3, -0.25) is 0 Å². The molecule has 0 spiro atoms. The molecule has 29 heavy (non-hydrogen) atoms. The number of nitrogen functional groups attached to an aromatic ring is 1. The van der Waals surface area contributed by atoms with Gasteiger partial charge in [0.25, 0.3) is 0 Å². The quantitative estimate of drug-likeness (QED) is 0.730. The maximum Gasteiger partial charge on any atom is 0.222 e. The largest absolute Gasteiger partial charge is 0.491 e. The van der Waals surface area contributed by atoms with Crippen LogP contribution in [0, 0.1) is 13.8 Å². The van der Waals surface area contributed by atoms with Gasteiger partial charge in [-0.1, -0.05) is 13.8 Å². The Kier molecular flexibility index (Phi) is 5.05. The Bertz CT molecular complexity index is 1040. The van der Waals surface area contributed by atoms with Crippen LogP contribution >= 0.6 is 0 Å². The van der Waals surface area contributed by atoms with E-state index in [9.17, 15) is 0 Å². The number of anilines is 2. The Labute approximate surface area is 171 Å². The van der Waals surface area contributed by atoms with Crippen molar-refractivity contribution in [2.75, 3.05) is 23.8 Å². The van der Waals surface area contributed by atoms with Gasteiger partial charge in [-0.15, -0.1) is 0 Å². The van der Waals surface area contributed by atoms with Gasteiger partial charge in [0.1, 0.15) is 24.5 Å². The number of rotatable bonds is 3. The van der Waals surface area contributed by atoms with Gasteiger partial charge in [0.2, 0.25) is 5.95 Å². The van der Waals surface area contributed by atoms with Crippen LogP contribution in [0.3, 0.4) is 0 Å². The molecular weight excluding hydrogens is 364 g/mol. The summed E-state index contributed by atoms with van der Waals surface area (Å²) >= 11 is 0. The van der Waals surface area contributed by atoms with Crippen molar-refractivity contribution < 1.29 is 4.74 Å². The summed E-state index contributed by atoms with van der Waals surface area (Å²) in [5.41, 5.74) is 12.3. The van der Waals surface area contributed by atoms with Crippen LogP contribution in [0.25, 0.3) is 11.1 Å². The van der Waals surface area contributed by atoms with Crippen LogP contribution in [0.5, 0.6) is 5.75 Å². The second-order valence-corrected chi connectivity index (χ2v) is 7.74. The molecule has 0 saturated heterocycles. The van der Waals surface area contributed by atoms with Crippen molar-refractivity contribution in [1.82, 2.24) is 19.9 Å². The zero-order valence-electron chi connectivity index (χ0n) is 17.3. The lowest BCUT2D eigenvalue weighted by atomic mass is 9.99. The molecule has 0 fully saturated rings. The SMILES string of the molecule is Cc1cc(-c2cncnc2)cc2c1OCCN(c1nc(N)nc(C)c1C(C)C)C2. The number of aromatic nitrogens is 4. The maximum absolute atomic E-state index is 6.14. The molecule has 2 aromatic heterocycles. The van der Waals surface area contributed by atoms with Gasteiger partial charge in [0, 0.05) is 41.3 Å². The molecule has 0 unspecified atom stereocenters. The smallest absolute Gasteiger partial charge is 0.222 e. The molecule has 1 aliphatic heterocycles. The summed E-state index contributed by atoms with van der Waals surface area (Å²) in [6.07, 6.45) is 5.20. The fraction of sp³-hybridized carbons (Fsp3) is 0.364. The summed E-state index contributed by atoms with van der Waals surface area (Å²) in [6, 6.07) is 4.28. The maximum atomic E-state index is 6.14. The fourth-order valence-corrected chi connectivity index (χ4v) is 4.01. The molecular formula is C22H26N6O. The minimum atomic E-state index is 0.295. The molecule has 3 aromatic rings. The van der Waals surface area contributed by atoms with E-state index in [1.165, 1.54) is 0 Å². The van der Waals surface area contributed by atoms with E-state index in [4.69, 9.17) is 10.5 Å². The Hall–Kier alpha value is -3.22. The van der Waals surface area contributed by atoms with Gasteiger partial charge in [-0.25, -0.2) is 15.0 Å². The van der Waals surface area contributed by atoms with Gasteiger partial charge < -0.3 is 15.4 Å². The molecule has 3 heterocycles. The molecule has 2 N–H and O–H groups in total.